The third kappa shape index (κ3) is 5.67. The number of Topliss-reactive ketones (excluding diaryl/α,β-unsaturated/α-hetero) is 1. The van der Waals surface area contributed by atoms with E-state index in [0.29, 0.717) is 5.56 Å². The summed E-state index contributed by atoms with van der Waals surface area (Å²) in [4.78, 5) is 11.8. The summed E-state index contributed by atoms with van der Waals surface area (Å²) in [6.45, 7) is 0. The van der Waals surface area contributed by atoms with Crippen molar-refractivity contribution in [2.45, 2.75) is 18.9 Å². The standard InChI is InChI=1S/C12H15ClFNO3S/c1-19(17,18)5-4-11(15)12(16)7-8-2-3-10(14)9(13)6-8/h2-3,6,11H,4-5,7,15H2,1H3. The summed E-state index contributed by atoms with van der Waals surface area (Å²) < 4.78 is 34.9. The van der Waals surface area contributed by atoms with Gasteiger partial charge in [-0.15, -0.1) is 0 Å². The van der Waals surface area contributed by atoms with Crippen LogP contribution in [0.5, 0.6) is 0 Å². The quantitative estimate of drug-likeness (QED) is 0.860. The van der Waals surface area contributed by atoms with Gasteiger partial charge in [0.1, 0.15) is 15.7 Å². The van der Waals surface area contributed by atoms with Crippen LogP contribution in [0.4, 0.5) is 4.39 Å². The van der Waals surface area contributed by atoms with Gasteiger partial charge in [0.05, 0.1) is 16.8 Å². The van der Waals surface area contributed by atoms with Crippen LogP contribution in [0.15, 0.2) is 18.2 Å². The summed E-state index contributed by atoms with van der Waals surface area (Å²) in [6, 6.07) is 3.13. The number of hydrogen-bond acceptors (Lipinski definition) is 4. The fourth-order valence-corrected chi connectivity index (χ4v) is 2.37. The van der Waals surface area contributed by atoms with Crippen molar-refractivity contribution < 1.29 is 17.6 Å². The number of sulfone groups is 1. The highest BCUT2D eigenvalue weighted by atomic mass is 35.5. The molecule has 0 radical (unpaired) electrons. The zero-order valence-electron chi connectivity index (χ0n) is 10.4. The second-order valence-corrected chi connectivity index (χ2v) is 7.08. The average molecular weight is 308 g/mol. The highest BCUT2D eigenvalue weighted by Gasteiger charge is 2.16. The van der Waals surface area contributed by atoms with E-state index in [2.05, 4.69) is 0 Å². The summed E-state index contributed by atoms with van der Waals surface area (Å²) in [7, 11) is -3.14. The lowest BCUT2D eigenvalue weighted by molar-refractivity contribution is -0.119. The number of halogens is 2. The zero-order valence-corrected chi connectivity index (χ0v) is 12.0. The highest BCUT2D eigenvalue weighted by Crippen LogP contribution is 2.16. The molecule has 0 amide bonds. The Labute approximate surface area is 116 Å². The van der Waals surface area contributed by atoms with Crippen molar-refractivity contribution in [2.24, 2.45) is 5.73 Å². The maximum Gasteiger partial charge on any atom is 0.153 e. The molecule has 0 aliphatic heterocycles. The summed E-state index contributed by atoms with van der Waals surface area (Å²) in [5.74, 6) is -0.991. The van der Waals surface area contributed by atoms with Gasteiger partial charge >= 0.3 is 0 Å². The first-order chi connectivity index (χ1) is 8.69. The minimum absolute atomic E-state index is 0.00489. The second-order valence-electron chi connectivity index (χ2n) is 4.42. The molecule has 7 heteroatoms. The van der Waals surface area contributed by atoms with E-state index in [4.69, 9.17) is 17.3 Å². The third-order valence-corrected chi connectivity index (χ3v) is 3.84. The molecule has 0 spiro atoms. The maximum absolute atomic E-state index is 12.9. The Bertz CT molecular complexity index is 574. The van der Waals surface area contributed by atoms with Gasteiger partial charge in [-0.05, 0) is 24.1 Å². The largest absolute Gasteiger partial charge is 0.321 e. The van der Waals surface area contributed by atoms with Crippen molar-refractivity contribution >= 4 is 27.2 Å². The van der Waals surface area contributed by atoms with E-state index in [0.717, 1.165) is 6.26 Å². The molecule has 1 aromatic carbocycles. The van der Waals surface area contributed by atoms with Gasteiger partial charge in [-0.2, -0.15) is 0 Å². The molecule has 4 nitrogen and oxygen atoms in total. The van der Waals surface area contributed by atoms with Gasteiger partial charge in [0.2, 0.25) is 0 Å². The van der Waals surface area contributed by atoms with Crippen LogP contribution in [0.3, 0.4) is 0 Å². The molecule has 0 aromatic heterocycles. The van der Waals surface area contributed by atoms with Crippen LogP contribution >= 0.6 is 11.6 Å². The molecule has 0 bridgehead atoms. The number of rotatable bonds is 6. The van der Waals surface area contributed by atoms with E-state index in [1.165, 1.54) is 18.2 Å². The predicted octanol–water partition coefficient (Wildman–Crippen LogP) is 1.35. The summed E-state index contributed by atoms with van der Waals surface area (Å²) in [5.41, 5.74) is 6.17. The SMILES string of the molecule is CS(=O)(=O)CCC(N)C(=O)Cc1ccc(F)c(Cl)c1. The Kier molecular flexibility index (Phi) is 5.46. The van der Waals surface area contributed by atoms with E-state index in [1.54, 1.807) is 0 Å². The molecule has 106 valence electrons. The number of ketones is 1. The molecule has 0 fully saturated rings. The Balaban J connectivity index is 2.61. The van der Waals surface area contributed by atoms with Crippen LogP contribution in [-0.2, 0) is 21.1 Å². The third-order valence-electron chi connectivity index (χ3n) is 2.58. The van der Waals surface area contributed by atoms with Crippen LogP contribution in [-0.4, -0.2) is 32.3 Å². The van der Waals surface area contributed by atoms with Crippen LogP contribution in [0.25, 0.3) is 0 Å². The number of carbonyl (C=O) groups excluding carboxylic acids is 1. The van der Waals surface area contributed by atoms with Gasteiger partial charge in [-0.1, -0.05) is 17.7 Å². The van der Waals surface area contributed by atoms with Gasteiger partial charge in [0.15, 0.2) is 5.78 Å². The number of hydrogen-bond donors (Lipinski definition) is 1. The molecule has 0 saturated heterocycles. The maximum atomic E-state index is 12.9. The molecule has 1 unspecified atom stereocenters. The molecule has 1 rings (SSSR count). The fourth-order valence-electron chi connectivity index (χ4n) is 1.48. The molecule has 0 saturated carbocycles. The lowest BCUT2D eigenvalue weighted by Crippen LogP contribution is -2.33. The number of nitrogens with two attached hydrogens (primary N) is 1. The molecule has 1 aromatic rings. The average Bonchev–Trinajstić information content (AvgIpc) is 2.29. The molecule has 19 heavy (non-hydrogen) atoms. The van der Waals surface area contributed by atoms with Crippen molar-refractivity contribution in [1.82, 2.24) is 0 Å². The minimum Gasteiger partial charge on any atom is -0.321 e. The van der Waals surface area contributed by atoms with Crippen molar-refractivity contribution in [3.05, 3.63) is 34.6 Å². The number of benzene rings is 1. The molecule has 2 N–H and O–H groups in total. The molecular weight excluding hydrogens is 293 g/mol. The van der Waals surface area contributed by atoms with Crippen molar-refractivity contribution in [3.8, 4) is 0 Å². The van der Waals surface area contributed by atoms with E-state index >= 15 is 0 Å². The Morgan fingerprint density at radius 3 is 2.63 bits per heavy atom. The minimum atomic E-state index is -3.14. The highest BCUT2D eigenvalue weighted by molar-refractivity contribution is 7.90. The summed E-state index contributed by atoms with van der Waals surface area (Å²) in [5, 5.41) is -0.0602. The molecule has 0 heterocycles. The van der Waals surface area contributed by atoms with Crippen LogP contribution in [0.2, 0.25) is 5.02 Å². The van der Waals surface area contributed by atoms with Gasteiger partial charge in [-0.3, -0.25) is 4.79 Å². The van der Waals surface area contributed by atoms with E-state index in [9.17, 15) is 17.6 Å². The lowest BCUT2D eigenvalue weighted by atomic mass is 10.0. The molecule has 0 aliphatic rings. The smallest absolute Gasteiger partial charge is 0.153 e. The number of carbonyl (C=O) groups is 1. The topological polar surface area (TPSA) is 77.2 Å². The summed E-state index contributed by atoms with van der Waals surface area (Å²) >= 11 is 5.60. The first kappa shape index (κ1) is 16.1. The van der Waals surface area contributed by atoms with Crippen LogP contribution < -0.4 is 5.73 Å². The zero-order chi connectivity index (χ0) is 14.6. The van der Waals surface area contributed by atoms with Gasteiger partial charge in [0, 0.05) is 12.7 Å². The first-order valence-corrected chi connectivity index (χ1v) is 8.03. The molecular formula is C12H15ClFNO3S. The van der Waals surface area contributed by atoms with Crippen molar-refractivity contribution in [3.63, 3.8) is 0 Å². The normalized spacial score (nSPS) is 13.3. The monoisotopic (exact) mass is 307 g/mol. The molecule has 1 atom stereocenters. The van der Waals surface area contributed by atoms with Crippen molar-refractivity contribution in [1.29, 1.82) is 0 Å². The Morgan fingerprint density at radius 2 is 2.11 bits per heavy atom. The van der Waals surface area contributed by atoms with Gasteiger partial charge in [-0.25, -0.2) is 12.8 Å². The predicted molar refractivity (Wildman–Crippen MR) is 72.4 cm³/mol. The van der Waals surface area contributed by atoms with Crippen molar-refractivity contribution in [2.75, 3.05) is 12.0 Å². The Morgan fingerprint density at radius 1 is 1.47 bits per heavy atom. The van der Waals surface area contributed by atoms with E-state index in [1.807, 2.05) is 0 Å². The molecule has 0 aliphatic carbocycles. The van der Waals surface area contributed by atoms with Crippen LogP contribution in [0, 0.1) is 5.82 Å². The van der Waals surface area contributed by atoms with E-state index in [-0.39, 0.29) is 29.4 Å². The van der Waals surface area contributed by atoms with Gasteiger partial charge < -0.3 is 5.73 Å². The summed E-state index contributed by atoms with van der Waals surface area (Å²) in [6.07, 6.45) is 1.17. The lowest BCUT2D eigenvalue weighted by Gasteiger charge is -2.10. The Hall–Kier alpha value is -0.980. The van der Waals surface area contributed by atoms with Gasteiger partial charge in [0.25, 0.3) is 0 Å². The van der Waals surface area contributed by atoms with E-state index < -0.39 is 21.7 Å². The van der Waals surface area contributed by atoms with Crippen LogP contribution in [0.1, 0.15) is 12.0 Å². The first-order valence-electron chi connectivity index (χ1n) is 5.59. The fraction of sp³-hybridized carbons (Fsp3) is 0.417. The second kappa shape index (κ2) is 6.45.